The zero-order chi connectivity index (χ0) is 9.97. The highest BCUT2D eigenvalue weighted by atomic mass is 16.1. The van der Waals surface area contributed by atoms with Crippen molar-refractivity contribution < 1.29 is 4.79 Å². The number of hydrogen-bond donors (Lipinski definition) is 1. The molecule has 0 bridgehead atoms. The molecule has 1 aromatic heterocycles. The van der Waals surface area contributed by atoms with Crippen LogP contribution in [0.2, 0.25) is 0 Å². The molecule has 0 aliphatic carbocycles. The summed E-state index contributed by atoms with van der Waals surface area (Å²) in [4.78, 5) is 14.5. The number of aromatic amines is 1. The number of nitrogens with one attached hydrogen (secondary N) is 1. The number of Topliss-reactive ketones (excluding diaryl/α,β-unsaturated/α-hetero) is 1. The molecule has 2 aromatic rings. The molecule has 0 atom stereocenters. The minimum absolute atomic E-state index is 0.0676. The topological polar surface area (TPSA) is 56.6 Å². The molecule has 0 aliphatic rings. The van der Waals surface area contributed by atoms with Crippen LogP contribution in [-0.4, -0.2) is 10.8 Å². The fraction of sp³-hybridized carbons (Fsp3) is 0.0909. The number of carbonyl (C=O) groups excluding carboxylic acids is 1. The van der Waals surface area contributed by atoms with Crippen LogP contribution in [0, 0.1) is 11.3 Å². The Balaban J connectivity index is 2.54. The zero-order valence-electron chi connectivity index (χ0n) is 7.45. The Labute approximate surface area is 81.0 Å². The molecule has 68 valence electrons. The minimum atomic E-state index is -0.134. The molecule has 0 fully saturated rings. The number of fused-ring (bicyclic) bond motifs is 1. The summed E-state index contributed by atoms with van der Waals surface area (Å²) in [6.45, 7) is 0. The normalized spacial score (nSPS) is 9.93. The number of H-pyrrole nitrogens is 1. The fourth-order valence-electron chi connectivity index (χ4n) is 1.47. The Morgan fingerprint density at radius 3 is 3.00 bits per heavy atom. The van der Waals surface area contributed by atoms with Gasteiger partial charge in [0, 0.05) is 22.7 Å². The molecule has 1 N–H and O–H groups in total. The highest BCUT2D eigenvalue weighted by Crippen LogP contribution is 2.18. The number of benzene rings is 1. The van der Waals surface area contributed by atoms with E-state index in [-0.39, 0.29) is 12.2 Å². The first-order valence-corrected chi connectivity index (χ1v) is 4.29. The molecule has 0 aliphatic heterocycles. The average Bonchev–Trinajstić information content (AvgIpc) is 2.61. The smallest absolute Gasteiger partial charge is 0.179 e. The second-order valence-corrected chi connectivity index (χ2v) is 3.01. The predicted octanol–water partition coefficient (Wildman–Crippen LogP) is 2.26. The molecule has 0 radical (unpaired) electrons. The van der Waals surface area contributed by atoms with Gasteiger partial charge in [0.2, 0.25) is 0 Å². The van der Waals surface area contributed by atoms with Gasteiger partial charge in [-0.25, -0.2) is 0 Å². The van der Waals surface area contributed by atoms with E-state index in [1.807, 2.05) is 30.3 Å². The van der Waals surface area contributed by atoms with Crippen LogP contribution in [0.5, 0.6) is 0 Å². The standard InChI is InChI=1S/C11H8N2O/c12-6-5-11(14)9-7-13-10-4-2-1-3-8(9)10/h1-4,7,13H,5H2. The molecule has 0 saturated carbocycles. The molecular weight excluding hydrogens is 176 g/mol. The second-order valence-electron chi connectivity index (χ2n) is 3.01. The molecule has 3 nitrogen and oxygen atoms in total. The van der Waals surface area contributed by atoms with Crippen molar-refractivity contribution in [2.24, 2.45) is 0 Å². The number of aromatic nitrogens is 1. The number of para-hydroxylation sites is 1. The van der Waals surface area contributed by atoms with Gasteiger partial charge in [-0.2, -0.15) is 5.26 Å². The number of nitriles is 1. The molecule has 2 rings (SSSR count). The number of hydrogen-bond acceptors (Lipinski definition) is 2. The third-order valence-corrected chi connectivity index (χ3v) is 2.13. The maximum Gasteiger partial charge on any atom is 0.179 e. The highest BCUT2D eigenvalue weighted by Gasteiger charge is 2.10. The third kappa shape index (κ3) is 1.27. The summed E-state index contributed by atoms with van der Waals surface area (Å²) in [5.74, 6) is -0.134. The van der Waals surface area contributed by atoms with Crippen LogP contribution < -0.4 is 0 Å². The lowest BCUT2D eigenvalue weighted by molar-refractivity contribution is 0.0999. The quantitative estimate of drug-likeness (QED) is 0.728. The van der Waals surface area contributed by atoms with Gasteiger partial charge in [0.15, 0.2) is 5.78 Å². The number of nitrogens with zero attached hydrogens (tertiary/aromatic N) is 1. The van der Waals surface area contributed by atoms with Crippen molar-refractivity contribution >= 4 is 16.7 Å². The molecule has 1 heterocycles. The molecule has 14 heavy (non-hydrogen) atoms. The molecule has 1 aromatic carbocycles. The molecular formula is C11H8N2O. The van der Waals surface area contributed by atoms with Crippen LogP contribution in [0.3, 0.4) is 0 Å². The first kappa shape index (κ1) is 8.52. The van der Waals surface area contributed by atoms with E-state index >= 15 is 0 Å². The van der Waals surface area contributed by atoms with E-state index < -0.39 is 0 Å². The Morgan fingerprint density at radius 1 is 1.43 bits per heavy atom. The van der Waals surface area contributed by atoms with Crippen LogP contribution in [0.1, 0.15) is 16.8 Å². The van der Waals surface area contributed by atoms with Crippen LogP contribution in [0.25, 0.3) is 10.9 Å². The van der Waals surface area contributed by atoms with Crippen LogP contribution >= 0.6 is 0 Å². The van der Waals surface area contributed by atoms with E-state index in [1.165, 1.54) is 0 Å². The Morgan fingerprint density at radius 2 is 2.21 bits per heavy atom. The van der Waals surface area contributed by atoms with E-state index in [4.69, 9.17) is 5.26 Å². The number of ketones is 1. The molecule has 0 spiro atoms. The summed E-state index contributed by atoms with van der Waals surface area (Å²) in [5, 5.41) is 9.31. The van der Waals surface area contributed by atoms with Crippen molar-refractivity contribution in [1.29, 1.82) is 5.26 Å². The first-order valence-electron chi connectivity index (χ1n) is 4.29. The Hall–Kier alpha value is -2.08. The molecule has 0 amide bonds. The van der Waals surface area contributed by atoms with Gasteiger partial charge in [-0.1, -0.05) is 18.2 Å². The van der Waals surface area contributed by atoms with Crippen LogP contribution in [-0.2, 0) is 0 Å². The van der Waals surface area contributed by atoms with Crippen LogP contribution in [0.4, 0.5) is 0 Å². The van der Waals surface area contributed by atoms with E-state index in [1.54, 1.807) is 6.20 Å². The Kier molecular flexibility index (Phi) is 2.04. The minimum Gasteiger partial charge on any atom is -0.360 e. The van der Waals surface area contributed by atoms with Gasteiger partial charge >= 0.3 is 0 Å². The zero-order valence-corrected chi connectivity index (χ0v) is 7.45. The summed E-state index contributed by atoms with van der Waals surface area (Å²) in [5.41, 5.74) is 1.52. The van der Waals surface area contributed by atoms with Crippen LogP contribution in [0.15, 0.2) is 30.5 Å². The third-order valence-electron chi connectivity index (χ3n) is 2.13. The van der Waals surface area contributed by atoms with Gasteiger partial charge in [0.05, 0.1) is 12.5 Å². The summed E-state index contributed by atoms with van der Waals surface area (Å²) in [7, 11) is 0. The average molecular weight is 184 g/mol. The van der Waals surface area contributed by atoms with E-state index in [2.05, 4.69) is 4.98 Å². The predicted molar refractivity (Wildman–Crippen MR) is 52.9 cm³/mol. The number of rotatable bonds is 2. The Bertz CT molecular complexity index is 519. The molecule has 0 unspecified atom stereocenters. The van der Waals surface area contributed by atoms with E-state index in [0.29, 0.717) is 5.56 Å². The SMILES string of the molecule is N#CCC(=O)c1c[nH]c2ccccc12. The second kappa shape index (κ2) is 3.35. The first-order chi connectivity index (χ1) is 6.83. The van der Waals surface area contributed by atoms with Gasteiger partial charge in [-0.3, -0.25) is 4.79 Å². The molecule has 0 saturated heterocycles. The van der Waals surface area contributed by atoms with Crippen molar-refractivity contribution in [3.05, 3.63) is 36.0 Å². The monoisotopic (exact) mass is 184 g/mol. The van der Waals surface area contributed by atoms with Crippen molar-refractivity contribution in [3.8, 4) is 6.07 Å². The summed E-state index contributed by atoms with van der Waals surface area (Å²) in [6.07, 6.45) is 1.59. The van der Waals surface area contributed by atoms with Crippen molar-refractivity contribution in [1.82, 2.24) is 4.98 Å². The van der Waals surface area contributed by atoms with Crippen molar-refractivity contribution in [2.75, 3.05) is 0 Å². The maximum atomic E-state index is 11.5. The highest BCUT2D eigenvalue weighted by molar-refractivity contribution is 6.08. The molecule has 3 heteroatoms. The summed E-state index contributed by atoms with van der Waals surface area (Å²) < 4.78 is 0. The van der Waals surface area contributed by atoms with Gasteiger partial charge < -0.3 is 4.98 Å². The van der Waals surface area contributed by atoms with E-state index in [0.717, 1.165) is 10.9 Å². The lowest BCUT2D eigenvalue weighted by atomic mass is 10.1. The summed E-state index contributed by atoms with van der Waals surface area (Å²) in [6, 6.07) is 9.40. The van der Waals surface area contributed by atoms with Gasteiger partial charge in [-0.05, 0) is 6.07 Å². The fourth-order valence-corrected chi connectivity index (χ4v) is 1.47. The van der Waals surface area contributed by atoms with Gasteiger partial charge in [-0.15, -0.1) is 0 Å². The van der Waals surface area contributed by atoms with E-state index in [9.17, 15) is 4.79 Å². The van der Waals surface area contributed by atoms with Gasteiger partial charge in [0.1, 0.15) is 0 Å². The lowest BCUT2D eigenvalue weighted by Crippen LogP contribution is -1.95. The van der Waals surface area contributed by atoms with Crippen molar-refractivity contribution in [3.63, 3.8) is 0 Å². The number of carbonyl (C=O) groups is 1. The summed E-state index contributed by atoms with van der Waals surface area (Å²) >= 11 is 0. The van der Waals surface area contributed by atoms with Gasteiger partial charge in [0.25, 0.3) is 0 Å². The lowest BCUT2D eigenvalue weighted by Gasteiger charge is -1.92. The van der Waals surface area contributed by atoms with Crippen molar-refractivity contribution in [2.45, 2.75) is 6.42 Å². The largest absolute Gasteiger partial charge is 0.360 e. The maximum absolute atomic E-state index is 11.5.